The summed E-state index contributed by atoms with van der Waals surface area (Å²) in [6.07, 6.45) is 0. The van der Waals surface area contributed by atoms with Crippen LogP contribution in [0, 0.1) is 0 Å². The van der Waals surface area contributed by atoms with E-state index in [4.69, 9.17) is 4.42 Å². The third-order valence-electron chi connectivity index (χ3n) is 9.61. The van der Waals surface area contributed by atoms with Crippen molar-refractivity contribution in [2.45, 2.75) is 0 Å². The first-order valence-corrected chi connectivity index (χ1v) is 15.5. The lowest BCUT2D eigenvalue weighted by Crippen LogP contribution is -1.90. The van der Waals surface area contributed by atoms with Crippen LogP contribution in [0.25, 0.3) is 98.4 Å². The molecule has 0 saturated heterocycles. The molecule has 1 nitrogen and oxygen atoms in total. The Morgan fingerprint density at radius 1 is 0.311 bits per heavy atom. The fraction of sp³-hybridized carbons (Fsp3) is 0. The Labute approximate surface area is 259 Å². The van der Waals surface area contributed by atoms with Crippen LogP contribution in [-0.4, -0.2) is 0 Å². The molecule has 0 spiro atoms. The average Bonchev–Trinajstić information content (AvgIpc) is 3.49. The lowest BCUT2D eigenvalue weighted by atomic mass is 9.86. The van der Waals surface area contributed by atoms with E-state index in [2.05, 4.69) is 146 Å². The maximum Gasteiger partial charge on any atom is 0.143 e. The fourth-order valence-electron chi connectivity index (χ4n) is 7.49. The van der Waals surface area contributed by atoms with Gasteiger partial charge in [0.05, 0.1) is 0 Å². The van der Waals surface area contributed by atoms with Gasteiger partial charge in [-0.2, -0.15) is 0 Å². The molecule has 0 aliphatic carbocycles. The molecule has 0 N–H and O–H groups in total. The molecule has 0 radical (unpaired) electrons. The fourth-order valence-corrected chi connectivity index (χ4v) is 7.49. The molecule has 208 valence electrons. The zero-order valence-corrected chi connectivity index (χ0v) is 24.4. The summed E-state index contributed by atoms with van der Waals surface area (Å²) in [5, 5.41) is 12.6. The minimum Gasteiger partial charge on any atom is -0.455 e. The lowest BCUT2D eigenvalue weighted by Gasteiger charge is -2.17. The Bertz CT molecular complexity index is 2760. The van der Waals surface area contributed by atoms with E-state index >= 15 is 0 Å². The third-order valence-corrected chi connectivity index (χ3v) is 9.61. The predicted molar refractivity (Wildman–Crippen MR) is 191 cm³/mol. The predicted octanol–water partition coefficient (Wildman–Crippen LogP) is 12.6. The number of hydrogen-bond acceptors (Lipinski definition) is 1. The number of fused-ring (bicyclic) bond motifs is 4. The van der Waals surface area contributed by atoms with E-state index in [0.717, 1.165) is 33.1 Å². The van der Waals surface area contributed by atoms with Crippen molar-refractivity contribution >= 4 is 65.0 Å². The highest BCUT2D eigenvalue weighted by Gasteiger charge is 2.16. The van der Waals surface area contributed by atoms with Crippen molar-refractivity contribution in [3.63, 3.8) is 0 Å². The van der Waals surface area contributed by atoms with E-state index in [1.54, 1.807) is 0 Å². The molecule has 10 aromatic rings. The summed E-state index contributed by atoms with van der Waals surface area (Å²) in [5.74, 6) is 0. The number of furan rings is 1. The van der Waals surface area contributed by atoms with Crippen LogP contribution in [-0.2, 0) is 0 Å². The maximum absolute atomic E-state index is 6.40. The Morgan fingerprint density at radius 3 is 1.67 bits per heavy atom. The van der Waals surface area contributed by atoms with Gasteiger partial charge in [0.1, 0.15) is 11.2 Å². The first kappa shape index (κ1) is 24.5. The van der Waals surface area contributed by atoms with Gasteiger partial charge in [-0.1, -0.05) is 140 Å². The summed E-state index contributed by atoms with van der Waals surface area (Å²) < 4.78 is 6.40. The van der Waals surface area contributed by atoms with E-state index in [1.165, 1.54) is 65.3 Å². The molecular formula is C44H26O. The highest BCUT2D eigenvalue weighted by Crippen LogP contribution is 2.43. The molecule has 10 rings (SSSR count). The van der Waals surface area contributed by atoms with Gasteiger partial charge in [0.15, 0.2) is 0 Å². The highest BCUT2D eigenvalue weighted by atomic mass is 16.3. The highest BCUT2D eigenvalue weighted by molar-refractivity contribution is 6.27. The van der Waals surface area contributed by atoms with Crippen LogP contribution in [0.3, 0.4) is 0 Å². The van der Waals surface area contributed by atoms with Crippen molar-refractivity contribution in [2.24, 2.45) is 0 Å². The molecule has 9 aromatic carbocycles. The summed E-state index contributed by atoms with van der Waals surface area (Å²) in [5.41, 5.74) is 9.09. The monoisotopic (exact) mass is 570 g/mol. The standard InChI is InChI=1S/C44H26O/c1-2-8-30-25-33(16-15-27(30)7-1)35-22-18-29-19-23-38-34(21-17-28-20-24-39(35)43(29)42(28)38)31-9-5-10-32(26-31)36-12-6-13-40-37-11-3-4-14-41(37)45-44(36)40/h1-26H. The minimum atomic E-state index is 0.922. The zero-order valence-electron chi connectivity index (χ0n) is 24.4. The van der Waals surface area contributed by atoms with Crippen LogP contribution in [0.4, 0.5) is 0 Å². The van der Waals surface area contributed by atoms with Crippen molar-refractivity contribution in [3.05, 3.63) is 158 Å². The summed E-state index contributed by atoms with van der Waals surface area (Å²) in [6.45, 7) is 0. The number of rotatable bonds is 3. The molecule has 45 heavy (non-hydrogen) atoms. The van der Waals surface area contributed by atoms with Gasteiger partial charge < -0.3 is 4.42 Å². The molecule has 0 aliphatic rings. The smallest absolute Gasteiger partial charge is 0.143 e. The van der Waals surface area contributed by atoms with Crippen molar-refractivity contribution in [3.8, 4) is 33.4 Å². The van der Waals surface area contributed by atoms with Crippen molar-refractivity contribution < 1.29 is 4.42 Å². The Kier molecular flexibility index (Phi) is 5.06. The molecule has 1 aromatic heterocycles. The van der Waals surface area contributed by atoms with E-state index in [9.17, 15) is 0 Å². The number of hydrogen-bond donors (Lipinski definition) is 0. The van der Waals surface area contributed by atoms with Gasteiger partial charge in [-0.25, -0.2) is 0 Å². The summed E-state index contributed by atoms with van der Waals surface area (Å²) in [6, 6.07) is 57.4. The SMILES string of the molecule is c1cc(-c2ccc3ccc4c(-c5ccc6ccccc6c5)ccc5ccc2c3c54)cc(-c2cccc3c2oc2ccccc23)c1. The zero-order chi connectivity index (χ0) is 29.5. The van der Waals surface area contributed by atoms with Gasteiger partial charge in [-0.3, -0.25) is 0 Å². The maximum atomic E-state index is 6.40. The van der Waals surface area contributed by atoms with Crippen molar-refractivity contribution in [1.82, 2.24) is 0 Å². The summed E-state index contributed by atoms with van der Waals surface area (Å²) in [4.78, 5) is 0. The van der Waals surface area contributed by atoms with Gasteiger partial charge in [-0.05, 0) is 89.1 Å². The largest absolute Gasteiger partial charge is 0.455 e. The Morgan fingerprint density at radius 2 is 0.889 bits per heavy atom. The lowest BCUT2D eigenvalue weighted by molar-refractivity contribution is 0.670. The van der Waals surface area contributed by atoms with Crippen LogP contribution in [0.1, 0.15) is 0 Å². The normalized spacial score (nSPS) is 12.0. The van der Waals surface area contributed by atoms with Crippen LogP contribution in [0.2, 0.25) is 0 Å². The van der Waals surface area contributed by atoms with Crippen LogP contribution >= 0.6 is 0 Å². The van der Waals surface area contributed by atoms with Crippen LogP contribution in [0.5, 0.6) is 0 Å². The summed E-state index contributed by atoms with van der Waals surface area (Å²) >= 11 is 0. The van der Waals surface area contributed by atoms with Gasteiger partial charge in [0.2, 0.25) is 0 Å². The molecule has 0 fully saturated rings. The molecular weight excluding hydrogens is 544 g/mol. The molecule has 0 saturated carbocycles. The number of benzene rings is 9. The second kappa shape index (κ2) is 9.29. The first-order chi connectivity index (χ1) is 22.3. The molecule has 0 unspecified atom stereocenters. The number of para-hydroxylation sites is 2. The van der Waals surface area contributed by atoms with Crippen LogP contribution in [0.15, 0.2) is 162 Å². The topological polar surface area (TPSA) is 13.1 Å². The molecule has 0 atom stereocenters. The van der Waals surface area contributed by atoms with E-state index < -0.39 is 0 Å². The first-order valence-electron chi connectivity index (χ1n) is 15.5. The molecule has 1 heterocycles. The minimum absolute atomic E-state index is 0.922. The molecule has 0 aliphatic heterocycles. The van der Waals surface area contributed by atoms with E-state index in [0.29, 0.717) is 0 Å². The van der Waals surface area contributed by atoms with Crippen LogP contribution < -0.4 is 0 Å². The van der Waals surface area contributed by atoms with Crippen molar-refractivity contribution in [2.75, 3.05) is 0 Å². The molecule has 0 amide bonds. The molecule has 1 heteroatoms. The summed E-state index contributed by atoms with van der Waals surface area (Å²) in [7, 11) is 0. The van der Waals surface area contributed by atoms with Gasteiger partial charge in [0, 0.05) is 16.3 Å². The molecule has 0 bridgehead atoms. The third kappa shape index (κ3) is 3.62. The van der Waals surface area contributed by atoms with Gasteiger partial charge in [0.25, 0.3) is 0 Å². The van der Waals surface area contributed by atoms with Crippen molar-refractivity contribution in [1.29, 1.82) is 0 Å². The van der Waals surface area contributed by atoms with E-state index in [1.807, 2.05) is 12.1 Å². The van der Waals surface area contributed by atoms with Gasteiger partial charge in [-0.15, -0.1) is 0 Å². The second-order valence-electron chi connectivity index (χ2n) is 12.1. The second-order valence-corrected chi connectivity index (χ2v) is 12.1. The Hall–Kier alpha value is -5.92. The quantitative estimate of drug-likeness (QED) is 0.193. The average molecular weight is 571 g/mol. The Balaban J connectivity index is 1.17. The van der Waals surface area contributed by atoms with Gasteiger partial charge >= 0.3 is 0 Å². The van der Waals surface area contributed by atoms with E-state index in [-0.39, 0.29) is 0 Å².